The van der Waals surface area contributed by atoms with Crippen molar-refractivity contribution in [3.05, 3.63) is 60.7 Å². The minimum atomic E-state index is -4.15. The maximum absolute atomic E-state index is 13.3. The van der Waals surface area contributed by atoms with Gasteiger partial charge in [0, 0.05) is 6.61 Å². The largest absolute Gasteiger partial charge is 0.396 e. The first-order valence-electron chi connectivity index (χ1n) is 8.54. The lowest BCUT2D eigenvalue weighted by atomic mass is 10.0. The average molecular weight is 397 g/mol. The van der Waals surface area contributed by atoms with E-state index in [2.05, 4.69) is 0 Å². The maximum atomic E-state index is 13.3. The lowest BCUT2D eigenvalue weighted by Crippen LogP contribution is -2.38. The molecule has 1 N–H and O–H groups in total. The van der Waals surface area contributed by atoms with E-state index < -0.39 is 30.2 Å². The molecule has 26 heavy (non-hydrogen) atoms. The number of aliphatic hydroxyl groups excluding tert-OH is 1. The van der Waals surface area contributed by atoms with Gasteiger partial charge >= 0.3 is 0 Å². The molecule has 2 aromatic carbocycles. The smallest absolute Gasteiger partial charge is 0.196 e. The van der Waals surface area contributed by atoms with Gasteiger partial charge in [-0.05, 0) is 43.0 Å². The molecule has 0 saturated heterocycles. The van der Waals surface area contributed by atoms with Crippen LogP contribution < -0.4 is 0 Å². The third kappa shape index (κ3) is 4.34. The molecule has 2 aromatic rings. The summed E-state index contributed by atoms with van der Waals surface area (Å²) in [7, 11) is -8.30. The lowest BCUT2D eigenvalue weighted by Gasteiger charge is -2.26. The van der Waals surface area contributed by atoms with Crippen molar-refractivity contribution in [2.75, 3.05) is 6.61 Å². The number of rotatable bonds is 9. The number of sulfone groups is 2. The van der Waals surface area contributed by atoms with Crippen LogP contribution in [-0.2, 0) is 19.7 Å². The zero-order chi connectivity index (χ0) is 19.2. The van der Waals surface area contributed by atoms with Crippen molar-refractivity contribution in [3.8, 4) is 0 Å². The molecular formula is C19H24O5S2. The second-order valence-electron chi connectivity index (χ2n) is 6.15. The molecule has 0 saturated carbocycles. The number of benzene rings is 2. The highest BCUT2D eigenvalue weighted by molar-refractivity contribution is 8.09. The third-order valence-electron chi connectivity index (χ3n) is 4.30. The Morgan fingerprint density at radius 3 is 1.54 bits per heavy atom. The molecule has 142 valence electrons. The van der Waals surface area contributed by atoms with E-state index in [0.29, 0.717) is 12.8 Å². The highest BCUT2D eigenvalue weighted by Crippen LogP contribution is 2.34. The van der Waals surface area contributed by atoms with E-state index in [1.165, 1.54) is 24.3 Å². The van der Waals surface area contributed by atoms with Crippen molar-refractivity contribution in [1.82, 2.24) is 0 Å². The van der Waals surface area contributed by atoms with Gasteiger partial charge in [0.15, 0.2) is 24.3 Å². The zero-order valence-corrected chi connectivity index (χ0v) is 16.3. The second-order valence-corrected chi connectivity index (χ2v) is 10.6. The standard InChI is InChI=1S/C19H24O5S2/c1-2-9-16(14-15-20)19(25(21,22)17-10-5-3-6-11-17)26(23,24)18-12-7-4-8-13-18/h3-8,10-13,16,19-20H,2,9,14-15H2,1H3/t16-/m1/s1. The topological polar surface area (TPSA) is 88.5 Å². The highest BCUT2D eigenvalue weighted by atomic mass is 32.3. The molecule has 0 fully saturated rings. The summed E-state index contributed by atoms with van der Waals surface area (Å²) in [6.45, 7) is 1.60. The van der Waals surface area contributed by atoms with Crippen LogP contribution >= 0.6 is 0 Å². The first kappa shape index (κ1) is 20.6. The van der Waals surface area contributed by atoms with Gasteiger partial charge in [0.05, 0.1) is 9.79 Å². The van der Waals surface area contributed by atoms with Crippen LogP contribution in [-0.4, -0.2) is 33.1 Å². The summed E-state index contributed by atoms with van der Waals surface area (Å²) in [6, 6.07) is 15.3. The Morgan fingerprint density at radius 1 is 0.769 bits per heavy atom. The summed E-state index contributed by atoms with van der Waals surface area (Å²) in [4.78, 5) is -0.0490. The van der Waals surface area contributed by atoms with E-state index in [0.717, 1.165) is 0 Å². The van der Waals surface area contributed by atoms with Gasteiger partial charge in [-0.3, -0.25) is 0 Å². The predicted octanol–water partition coefficient (Wildman–Crippen LogP) is 3.06. The number of hydrogen-bond donors (Lipinski definition) is 1. The fraction of sp³-hybridized carbons (Fsp3) is 0.368. The van der Waals surface area contributed by atoms with Crippen molar-refractivity contribution in [3.63, 3.8) is 0 Å². The van der Waals surface area contributed by atoms with Gasteiger partial charge in [0.2, 0.25) is 0 Å². The SMILES string of the molecule is CCC[C@H](CCO)C(S(=O)(=O)c1ccccc1)S(=O)(=O)c1ccccc1. The molecule has 7 heteroatoms. The summed E-state index contributed by atoms with van der Waals surface area (Å²) in [6.07, 6.45) is 1.12. The van der Waals surface area contributed by atoms with Gasteiger partial charge in [0.25, 0.3) is 0 Å². The Kier molecular flexibility index (Phi) is 6.97. The normalized spacial score (nSPS) is 13.7. The molecular weight excluding hydrogens is 372 g/mol. The zero-order valence-electron chi connectivity index (χ0n) is 14.7. The van der Waals surface area contributed by atoms with E-state index in [4.69, 9.17) is 0 Å². The maximum Gasteiger partial charge on any atom is 0.196 e. The Labute approximate surface area is 155 Å². The molecule has 0 spiro atoms. The Morgan fingerprint density at radius 2 is 1.19 bits per heavy atom. The molecule has 0 bridgehead atoms. The van der Waals surface area contributed by atoms with Crippen molar-refractivity contribution in [2.45, 2.75) is 40.6 Å². The van der Waals surface area contributed by atoms with Crippen LogP contribution in [0.15, 0.2) is 70.5 Å². The summed E-state index contributed by atoms with van der Waals surface area (Å²) in [5.41, 5.74) is 0. The average Bonchev–Trinajstić information content (AvgIpc) is 2.63. The van der Waals surface area contributed by atoms with E-state index >= 15 is 0 Å². The van der Waals surface area contributed by atoms with Gasteiger partial charge in [-0.2, -0.15) is 0 Å². The van der Waals surface area contributed by atoms with Crippen LogP contribution in [0.3, 0.4) is 0 Å². The van der Waals surface area contributed by atoms with E-state index in [9.17, 15) is 21.9 Å². The van der Waals surface area contributed by atoms with Gasteiger partial charge in [0.1, 0.15) is 0 Å². The Bertz CT molecular complexity index is 816. The molecule has 0 heterocycles. The fourth-order valence-corrected chi connectivity index (χ4v) is 8.28. The second kappa shape index (κ2) is 8.79. The molecule has 1 atom stereocenters. The van der Waals surface area contributed by atoms with Gasteiger partial charge in [-0.1, -0.05) is 49.7 Å². The Hall–Kier alpha value is -1.70. The van der Waals surface area contributed by atoms with Crippen LogP contribution in [0.1, 0.15) is 26.2 Å². The summed E-state index contributed by atoms with van der Waals surface area (Å²) < 4.78 is 51.5. The quantitative estimate of drug-likeness (QED) is 0.704. The Balaban J connectivity index is 2.67. The molecule has 2 rings (SSSR count). The molecule has 0 aliphatic heterocycles. The molecule has 0 aromatic heterocycles. The molecule has 0 amide bonds. The van der Waals surface area contributed by atoms with E-state index in [1.807, 2.05) is 6.92 Å². The number of hydrogen-bond acceptors (Lipinski definition) is 5. The summed E-state index contributed by atoms with van der Waals surface area (Å²) in [5.74, 6) is -0.694. The summed E-state index contributed by atoms with van der Waals surface area (Å²) >= 11 is 0. The number of aliphatic hydroxyl groups is 1. The molecule has 0 radical (unpaired) electrons. The first-order chi connectivity index (χ1) is 12.4. The lowest BCUT2D eigenvalue weighted by molar-refractivity contribution is 0.255. The van der Waals surface area contributed by atoms with Crippen LogP contribution in [0.5, 0.6) is 0 Å². The van der Waals surface area contributed by atoms with Crippen molar-refractivity contribution >= 4 is 19.7 Å². The predicted molar refractivity (Wildman–Crippen MR) is 101 cm³/mol. The minimum absolute atomic E-state index is 0.0245. The van der Waals surface area contributed by atoms with Gasteiger partial charge in [-0.15, -0.1) is 0 Å². The van der Waals surface area contributed by atoms with Crippen LogP contribution in [0.25, 0.3) is 0 Å². The first-order valence-corrected chi connectivity index (χ1v) is 11.6. The molecule has 0 unspecified atom stereocenters. The monoisotopic (exact) mass is 396 g/mol. The van der Waals surface area contributed by atoms with Crippen molar-refractivity contribution in [1.29, 1.82) is 0 Å². The van der Waals surface area contributed by atoms with E-state index in [1.54, 1.807) is 36.4 Å². The van der Waals surface area contributed by atoms with Crippen LogP contribution in [0.2, 0.25) is 0 Å². The third-order valence-corrected chi connectivity index (χ3v) is 9.67. The molecule has 5 nitrogen and oxygen atoms in total. The van der Waals surface area contributed by atoms with Gasteiger partial charge < -0.3 is 5.11 Å². The summed E-state index contributed by atoms with van der Waals surface area (Å²) in [5, 5.41) is 9.40. The molecule has 0 aliphatic carbocycles. The van der Waals surface area contributed by atoms with Gasteiger partial charge in [-0.25, -0.2) is 16.8 Å². The van der Waals surface area contributed by atoms with Crippen molar-refractivity contribution < 1.29 is 21.9 Å². The van der Waals surface area contributed by atoms with E-state index in [-0.39, 0.29) is 22.8 Å². The molecule has 0 aliphatic rings. The van der Waals surface area contributed by atoms with Crippen LogP contribution in [0, 0.1) is 5.92 Å². The highest BCUT2D eigenvalue weighted by Gasteiger charge is 2.44. The van der Waals surface area contributed by atoms with Crippen molar-refractivity contribution in [2.24, 2.45) is 5.92 Å². The minimum Gasteiger partial charge on any atom is -0.396 e. The van der Waals surface area contributed by atoms with Crippen LogP contribution in [0.4, 0.5) is 0 Å². The fourth-order valence-electron chi connectivity index (χ4n) is 3.12.